The summed E-state index contributed by atoms with van der Waals surface area (Å²) in [5.41, 5.74) is 0. The molecule has 2 N–H and O–H groups in total. The molecular formula is C16H25N3O2. The molecule has 2 rings (SSSR count). The zero-order valence-electron chi connectivity index (χ0n) is 12.7. The van der Waals surface area contributed by atoms with Crippen molar-refractivity contribution in [2.24, 2.45) is 11.8 Å². The van der Waals surface area contributed by atoms with Crippen molar-refractivity contribution < 1.29 is 9.53 Å². The Kier molecular flexibility index (Phi) is 6.47. The molecule has 0 spiro atoms. The lowest BCUT2D eigenvalue weighted by atomic mass is 9.90. The monoisotopic (exact) mass is 291 g/mol. The molecule has 1 saturated heterocycles. The fourth-order valence-electron chi connectivity index (χ4n) is 2.54. The molecule has 21 heavy (non-hydrogen) atoms. The predicted molar refractivity (Wildman–Crippen MR) is 82.1 cm³/mol. The van der Waals surface area contributed by atoms with Crippen molar-refractivity contribution in [1.29, 1.82) is 0 Å². The van der Waals surface area contributed by atoms with E-state index in [-0.39, 0.29) is 11.8 Å². The summed E-state index contributed by atoms with van der Waals surface area (Å²) in [4.78, 5) is 16.1. The second-order valence-corrected chi connectivity index (χ2v) is 5.60. The highest BCUT2D eigenvalue weighted by atomic mass is 16.5. The molecule has 1 amide bonds. The number of nitrogens with zero attached hydrogens (tertiary/aromatic N) is 1. The lowest BCUT2D eigenvalue weighted by molar-refractivity contribution is -0.126. The molecule has 1 aliphatic heterocycles. The molecule has 1 aromatic heterocycles. The van der Waals surface area contributed by atoms with Gasteiger partial charge in [-0.15, -0.1) is 0 Å². The number of unbranched alkanes of at least 4 members (excludes halogenated alkanes) is 1. The van der Waals surface area contributed by atoms with Crippen molar-refractivity contribution in [1.82, 2.24) is 15.6 Å². The van der Waals surface area contributed by atoms with E-state index in [2.05, 4.69) is 22.5 Å². The second-order valence-electron chi connectivity index (χ2n) is 5.60. The Balaban J connectivity index is 1.74. The summed E-state index contributed by atoms with van der Waals surface area (Å²) < 4.78 is 5.74. The van der Waals surface area contributed by atoms with Gasteiger partial charge in [0.25, 0.3) is 0 Å². The van der Waals surface area contributed by atoms with Crippen LogP contribution in [-0.2, 0) is 4.79 Å². The zero-order valence-corrected chi connectivity index (χ0v) is 12.7. The molecule has 1 aliphatic rings. The number of carbonyl (C=O) groups excluding carboxylic acids is 1. The van der Waals surface area contributed by atoms with Gasteiger partial charge in [-0.3, -0.25) is 9.78 Å². The van der Waals surface area contributed by atoms with E-state index in [1.54, 1.807) is 12.4 Å². The summed E-state index contributed by atoms with van der Waals surface area (Å²) in [6, 6.07) is 3.76. The first-order chi connectivity index (χ1) is 10.3. The summed E-state index contributed by atoms with van der Waals surface area (Å²) in [5.74, 6) is 1.37. The number of aromatic nitrogens is 1. The quantitative estimate of drug-likeness (QED) is 0.749. The average Bonchev–Trinajstić information content (AvgIpc) is 2.54. The first-order valence-corrected chi connectivity index (χ1v) is 7.81. The van der Waals surface area contributed by atoms with Gasteiger partial charge in [-0.05, 0) is 25.0 Å². The first-order valence-electron chi connectivity index (χ1n) is 7.81. The maximum Gasteiger partial charge on any atom is 0.224 e. The van der Waals surface area contributed by atoms with Crippen molar-refractivity contribution in [3.8, 4) is 5.75 Å². The number of rotatable bonds is 7. The molecule has 0 saturated carbocycles. The van der Waals surface area contributed by atoms with Crippen LogP contribution >= 0.6 is 0 Å². The Hall–Kier alpha value is -1.62. The van der Waals surface area contributed by atoms with Gasteiger partial charge in [0, 0.05) is 31.7 Å². The molecule has 2 heterocycles. The van der Waals surface area contributed by atoms with Crippen LogP contribution in [-0.4, -0.2) is 37.1 Å². The number of nitrogens with one attached hydrogen (secondary N) is 2. The minimum Gasteiger partial charge on any atom is -0.492 e. The van der Waals surface area contributed by atoms with Crippen molar-refractivity contribution in [2.45, 2.75) is 26.2 Å². The van der Waals surface area contributed by atoms with Crippen LogP contribution in [0.4, 0.5) is 0 Å². The number of ether oxygens (including phenoxy) is 1. The van der Waals surface area contributed by atoms with Crippen LogP contribution in [0.15, 0.2) is 24.5 Å². The lowest BCUT2D eigenvalue weighted by Crippen LogP contribution is -2.45. The molecule has 5 nitrogen and oxygen atoms in total. The molecule has 0 aromatic carbocycles. The third kappa shape index (κ3) is 5.34. The van der Waals surface area contributed by atoms with Gasteiger partial charge in [-0.25, -0.2) is 0 Å². The van der Waals surface area contributed by atoms with E-state index < -0.39 is 0 Å². The van der Waals surface area contributed by atoms with Crippen LogP contribution in [0, 0.1) is 11.8 Å². The fraction of sp³-hybridized carbons (Fsp3) is 0.625. The Labute approximate surface area is 126 Å². The van der Waals surface area contributed by atoms with E-state index in [9.17, 15) is 4.79 Å². The molecule has 2 atom stereocenters. The number of carbonyl (C=O) groups is 1. The van der Waals surface area contributed by atoms with Crippen LogP contribution in [0.3, 0.4) is 0 Å². The molecule has 0 radical (unpaired) electrons. The summed E-state index contributed by atoms with van der Waals surface area (Å²) in [6.45, 7) is 5.20. The minimum atomic E-state index is 0.0538. The molecule has 0 unspecified atom stereocenters. The summed E-state index contributed by atoms with van der Waals surface area (Å²) in [6.07, 6.45) is 6.46. The van der Waals surface area contributed by atoms with Gasteiger partial charge in [0.05, 0.1) is 18.7 Å². The smallest absolute Gasteiger partial charge is 0.224 e. The van der Waals surface area contributed by atoms with E-state index in [0.717, 1.165) is 44.6 Å². The van der Waals surface area contributed by atoms with Crippen LogP contribution in [0.1, 0.15) is 26.2 Å². The standard InChI is InChI=1S/C16H25N3O2/c1-2-3-7-19-16(20)14-8-13(9-18-10-14)12-21-15-5-4-6-17-11-15/h4-6,11,13-14,18H,2-3,7-10,12H2,1H3,(H,19,20)/t13-,14+/m0/s1. The summed E-state index contributed by atoms with van der Waals surface area (Å²) in [7, 11) is 0. The molecule has 116 valence electrons. The molecule has 1 fully saturated rings. The van der Waals surface area contributed by atoms with Gasteiger partial charge in [0.2, 0.25) is 5.91 Å². The summed E-state index contributed by atoms with van der Waals surface area (Å²) >= 11 is 0. The molecule has 0 bridgehead atoms. The van der Waals surface area contributed by atoms with Gasteiger partial charge in [-0.1, -0.05) is 13.3 Å². The Morgan fingerprint density at radius 3 is 3.19 bits per heavy atom. The Bertz CT molecular complexity index is 425. The Morgan fingerprint density at radius 2 is 2.43 bits per heavy atom. The van der Waals surface area contributed by atoms with Crippen LogP contribution in [0.2, 0.25) is 0 Å². The van der Waals surface area contributed by atoms with Crippen LogP contribution in [0.25, 0.3) is 0 Å². The highest BCUT2D eigenvalue weighted by molar-refractivity contribution is 5.78. The number of amides is 1. The van der Waals surface area contributed by atoms with E-state index in [0.29, 0.717) is 12.5 Å². The third-order valence-electron chi connectivity index (χ3n) is 3.76. The maximum atomic E-state index is 12.1. The second kappa shape index (κ2) is 8.62. The normalized spacial score (nSPS) is 21.8. The summed E-state index contributed by atoms with van der Waals surface area (Å²) in [5, 5.41) is 6.35. The fourth-order valence-corrected chi connectivity index (χ4v) is 2.54. The van der Waals surface area contributed by atoms with Gasteiger partial charge in [0.15, 0.2) is 0 Å². The lowest BCUT2D eigenvalue weighted by Gasteiger charge is -2.29. The third-order valence-corrected chi connectivity index (χ3v) is 3.76. The van der Waals surface area contributed by atoms with Crippen molar-refractivity contribution in [3.63, 3.8) is 0 Å². The van der Waals surface area contributed by atoms with Gasteiger partial charge in [-0.2, -0.15) is 0 Å². The largest absolute Gasteiger partial charge is 0.492 e. The number of hydrogen-bond donors (Lipinski definition) is 2. The van der Waals surface area contributed by atoms with Crippen LogP contribution < -0.4 is 15.4 Å². The highest BCUT2D eigenvalue weighted by Gasteiger charge is 2.27. The van der Waals surface area contributed by atoms with E-state index in [4.69, 9.17) is 4.74 Å². The van der Waals surface area contributed by atoms with E-state index >= 15 is 0 Å². The van der Waals surface area contributed by atoms with Gasteiger partial charge >= 0.3 is 0 Å². The zero-order chi connectivity index (χ0) is 14.9. The topological polar surface area (TPSA) is 63.2 Å². The number of piperidine rings is 1. The van der Waals surface area contributed by atoms with E-state index in [1.807, 2.05) is 12.1 Å². The minimum absolute atomic E-state index is 0.0538. The average molecular weight is 291 g/mol. The molecule has 5 heteroatoms. The predicted octanol–water partition coefficient (Wildman–Crippen LogP) is 1.60. The van der Waals surface area contributed by atoms with E-state index in [1.165, 1.54) is 0 Å². The highest BCUT2D eigenvalue weighted by Crippen LogP contribution is 2.18. The van der Waals surface area contributed by atoms with Crippen molar-refractivity contribution in [2.75, 3.05) is 26.2 Å². The van der Waals surface area contributed by atoms with Crippen molar-refractivity contribution in [3.05, 3.63) is 24.5 Å². The maximum absolute atomic E-state index is 12.1. The Morgan fingerprint density at radius 1 is 1.52 bits per heavy atom. The SMILES string of the molecule is CCCCNC(=O)[C@H]1CNC[C@@H](COc2cccnc2)C1. The number of pyridine rings is 1. The number of hydrogen-bond acceptors (Lipinski definition) is 4. The van der Waals surface area contributed by atoms with Crippen molar-refractivity contribution >= 4 is 5.91 Å². The molecular weight excluding hydrogens is 266 g/mol. The first kappa shape index (κ1) is 15.8. The molecule has 1 aromatic rings. The van der Waals surface area contributed by atoms with Gasteiger partial charge < -0.3 is 15.4 Å². The van der Waals surface area contributed by atoms with Crippen LogP contribution in [0.5, 0.6) is 5.75 Å². The van der Waals surface area contributed by atoms with Gasteiger partial charge in [0.1, 0.15) is 5.75 Å². The molecule has 0 aliphatic carbocycles.